The van der Waals surface area contributed by atoms with Crippen molar-refractivity contribution in [3.63, 3.8) is 0 Å². The summed E-state index contributed by atoms with van der Waals surface area (Å²) < 4.78 is 2.04. The summed E-state index contributed by atoms with van der Waals surface area (Å²) >= 11 is 0. The molecule has 3 rings (SSSR count). The number of nitrogens with one attached hydrogen (secondary N) is 2. The molecular formula is C18H33N7. The summed E-state index contributed by atoms with van der Waals surface area (Å²) in [6.07, 6.45) is 6.11. The van der Waals surface area contributed by atoms with Gasteiger partial charge >= 0.3 is 0 Å². The molecule has 7 nitrogen and oxygen atoms in total. The van der Waals surface area contributed by atoms with Gasteiger partial charge in [0.1, 0.15) is 11.6 Å². The number of likely N-dealkylation sites (N-methyl/N-ethyl adjacent to an activating group) is 1. The smallest absolute Gasteiger partial charge is 0.191 e. The van der Waals surface area contributed by atoms with Crippen LogP contribution in [0.25, 0.3) is 0 Å². The summed E-state index contributed by atoms with van der Waals surface area (Å²) in [5, 5.41) is 11.5. The van der Waals surface area contributed by atoms with Crippen molar-refractivity contribution in [3.8, 4) is 0 Å². The summed E-state index contributed by atoms with van der Waals surface area (Å²) in [5.41, 5.74) is 0. The molecule has 0 amide bonds. The molecule has 1 saturated heterocycles. The fourth-order valence-corrected chi connectivity index (χ4v) is 3.97. The summed E-state index contributed by atoms with van der Waals surface area (Å²) in [7, 11) is 0. The minimum Gasteiger partial charge on any atom is -0.357 e. The number of guanidine groups is 1. The van der Waals surface area contributed by atoms with E-state index < -0.39 is 0 Å². The van der Waals surface area contributed by atoms with Crippen molar-refractivity contribution in [2.24, 2.45) is 4.99 Å². The summed E-state index contributed by atoms with van der Waals surface area (Å²) in [6.45, 7) is 11.4. The number of aryl methyl sites for hydroxylation is 2. The normalized spacial score (nSPS) is 24.8. The molecule has 140 valence electrons. The summed E-state index contributed by atoms with van der Waals surface area (Å²) in [4.78, 5) is 12.1. The van der Waals surface area contributed by atoms with Gasteiger partial charge in [0, 0.05) is 19.1 Å². The topological polar surface area (TPSA) is 70.4 Å². The van der Waals surface area contributed by atoms with Crippen LogP contribution in [0.1, 0.15) is 63.6 Å². The third-order valence-electron chi connectivity index (χ3n) is 5.25. The van der Waals surface area contributed by atoms with Gasteiger partial charge in [0.25, 0.3) is 0 Å². The Labute approximate surface area is 151 Å². The van der Waals surface area contributed by atoms with Crippen LogP contribution in [0.5, 0.6) is 0 Å². The number of likely N-dealkylation sites (tertiary alicyclic amines) is 1. The first-order chi connectivity index (χ1) is 12.2. The first-order valence-electron chi connectivity index (χ1n) is 9.91. The van der Waals surface area contributed by atoms with Crippen LogP contribution in [0.2, 0.25) is 0 Å². The molecule has 2 atom stereocenters. The monoisotopic (exact) mass is 347 g/mol. The van der Waals surface area contributed by atoms with Crippen molar-refractivity contribution >= 4 is 5.96 Å². The standard InChI is InChI=1S/C18H33N7/c1-4-19-18(20-13-15-9-6-7-11-24(15)5-2)22-16-10-8-12-25-17(16)21-14(3)23-25/h15-16H,4-13H2,1-3H3,(H2,19,20,22). The van der Waals surface area contributed by atoms with Gasteiger partial charge in [0.05, 0.1) is 12.6 Å². The Kier molecular flexibility index (Phi) is 6.29. The molecule has 0 spiro atoms. The maximum Gasteiger partial charge on any atom is 0.191 e. The Morgan fingerprint density at radius 3 is 2.88 bits per heavy atom. The summed E-state index contributed by atoms with van der Waals surface area (Å²) in [6, 6.07) is 0.771. The zero-order chi connectivity index (χ0) is 17.6. The molecule has 0 radical (unpaired) electrons. The fraction of sp³-hybridized carbons (Fsp3) is 0.833. The first kappa shape index (κ1) is 18.2. The van der Waals surface area contributed by atoms with Crippen molar-refractivity contribution in [1.29, 1.82) is 0 Å². The average molecular weight is 348 g/mol. The number of fused-ring (bicyclic) bond motifs is 1. The number of nitrogens with zero attached hydrogens (tertiary/aromatic N) is 5. The first-order valence-corrected chi connectivity index (χ1v) is 9.91. The maximum atomic E-state index is 4.90. The molecule has 0 aromatic carbocycles. The molecular weight excluding hydrogens is 314 g/mol. The van der Waals surface area contributed by atoms with Crippen LogP contribution in [0.3, 0.4) is 0 Å². The lowest BCUT2D eigenvalue weighted by atomic mass is 10.0. The van der Waals surface area contributed by atoms with Gasteiger partial charge in [-0.1, -0.05) is 13.3 Å². The lowest BCUT2D eigenvalue weighted by Crippen LogP contribution is -2.44. The highest BCUT2D eigenvalue weighted by molar-refractivity contribution is 5.80. The predicted octanol–water partition coefficient (Wildman–Crippen LogP) is 1.85. The van der Waals surface area contributed by atoms with Crippen LogP contribution in [-0.2, 0) is 6.54 Å². The van der Waals surface area contributed by atoms with Crippen molar-refractivity contribution in [2.75, 3.05) is 26.2 Å². The highest BCUT2D eigenvalue weighted by Crippen LogP contribution is 2.23. The Balaban J connectivity index is 1.67. The number of rotatable bonds is 5. The molecule has 0 saturated carbocycles. The van der Waals surface area contributed by atoms with Crippen LogP contribution in [0.15, 0.2) is 4.99 Å². The van der Waals surface area contributed by atoms with Crippen LogP contribution in [0, 0.1) is 6.92 Å². The molecule has 2 aliphatic heterocycles. The number of piperidine rings is 1. The van der Waals surface area contributed by atoms with E-state index in [9.17, 15) is 0 Å². The van der Waals surface area contributed by atoms with Gasteiger partial charge in [-0.25, -0.2) is 9.67 Å². The van der Waals surface area contributed by atoms with Crippen molar-refractivity contribution in [2.45, 2.75) is 71.5 Å². The highest BCUT2D eigenvalue weighted by Gasteiger charge is 2.25. The van der Waals surface area contributed by atoms with Gasteiger partial charge in [-0.2, -0.15) is 5.10 Å². The van der Waals surface area contributed by atoms with E-state index in [1.165, 1.54) is 25.8 Å². The highest BCUT2D eigenvalue weighted by atomic mass is 15.4. The second kappa shape index (κ2) is 8.65. The Bertz CT molecular complexity index is 580. The van der Waals surface area contributed by atoms with E-state index in [1.54, 1.807) is 0 Å². The van der Waals surface area contributed by atoms with Crippen molar-refractivity contribution in [1.82, 2.24) is 30.3 Å². The molecule has 1 fully saturated rings. The molecule has 1 aromatic rings. The van der Waals surface area contributed by atoms with Crippen molar-refractivity contribution < 1.29 is 0 Å². The van der Waals surface area contributed by atoms with E-state index in [-0.39, 0.29) is 6.04 Å². The number of hydrogen-bond acceptors (Lipinski definition) is 4. The molecule has 0 aliphatic carbocycles. The van der Waals surface area contributed by atoms with Gasteiger partial charge in [0.2, 0.25) is 0 Å². The SMILES string of the molecule is CCNC(=NCC1CCCCN1CC)NC1CCCn2nc(C)nc21. The molecule has 7 heteroatoms. The van der Waals surface area contributed by atoms with Gasteiger partial charge in [0.15, 0.2) is 5.96 Å². The maximum absolute atomic E-state index is 4.90. The third kappa shape index (κ3) is 4.51. The van der Waals surface area contributed by atoms with Crippen LogP contribution < -0.4 is 10.6 Å². The van der Waals surface area contributed by atoms with E-state index in [0.717, 1.165) is 56.6 Å². The third-order valence-corrected chi connectivity index (χ3v) is 5.25. The number of hydrogen-bond donors (Lipinski definition) is 2. The summed E-state index contributed by atoms with van der Waals surface area (Å²) in [5.74, 6) is 2.80. The second-order valence-electron chi connectivity index (χ2n) is 7.08. The van der Waals surface area contributed by atoms with E-state index in [2.05, 4.69) is 39.5 Å². The molecule has 0 bridgehead atoms. The number of aliphatic imine (C=N–C) groups is 1. The van der Waals surface area contributed by atoms with Gasteiger partial charge in [-0.05, 0) is 52.6 Å². The molecule has 25 heavy (non-hydrogen) atoms. The largest absolute Gasteiger partial charge is 0.357 e. The Morgan fingerprint density at radius 2 is 2.08 bits per heavy atom. The lowest BCUT2D eigenvalue weighted by molar-refractivity contribution is 0.161. The van der Waals surface area contributed by atoms with E-state index in [0.29, 0.717) is 6.04 Å². The Morgan fingerprint density at radius 1 is 1.20 bits per heavy atom. The van der Waals surface area contributed by atoms with E-state index in [1.807, 2.05) is 11.6 Å². The second-order valence-corrected chi connectivity index (χ2v) is 7.08. The van der Waals surface area contributed by atoms with E-state index in [4.69, 9.17) is 4.99 Å². The quantitative estimate of drug-likeness (QED) is 0.628. The minimum absolute atomic E-state index is 0.196. The van der Waals surface area contributed by atoms with Crippen LogP contribution in [-0.4, -0.2) is 57.8 Å². The Hall–Kier alpha value is -1.63. The van der Waals surface area contributed by atoms with Crippen LogP contribution >= 0.6 is 0 Å². The predicted molar refractivity (Wildman–Crippen MR) is 101 cm³/mol. The van der Waals surface area contributed by atoms with Gasteiger partial charge < -0.3 is 10.6 Å². The zero-order valence-corrected chi connectivity index (χ0v) is 16.0. The number of aromatic nitrogens is 3. The molecule has 3 heterocycles. The van der Waals surface area contributed by atoms with Crippen LogP contribution in [0.4, 0.5) is 0 Å². The average Bonchev–Trinajstić information content (AvgIpc) is 3.01. The van der Waals surface area contributed by atoms with E-state index >= 15 is 0 Å². The van der Waals surface area contributed by atoms with Crippen molar-refractivity contribution in [3.05, 3.63) is 11.6 Å². The molecule has 2 unspecified atom stereocenters. The molecule has 1 aromatic heterocycles. The van der Waals surface area contributed by atoms with Gasteiger partial charge in [-0.15, -0.1) is 0 Å². The molecule has 2 aliphatic rings. The van der Waals surface area contributed by atoms with Gasteiger partial charge in [-0.3, -0.25) is 9.89 Å². The lowest BCUT2D eigenvalue weighted by Gasteiger charge is -2.34. The zero-order valence-electron chi connectivity index (χ0n) is 16.0. The fourth-order valence-electron chi connectivity index (χ4n) is 3.97. The minimum atomic E-state index is 0.196. The molecule has 2 N–H and O–H groups in total.